The molecule has 0 saturated heterocycles. The Balaban J connectivity index is 1.92. The Hall–Kier alpha value is -2.64. The van der Waals surface area contributed by atoms with Gasteiger partial charge in [0, 0.05) is 43.1 Å². The molecular weight excluding hydrogens is 272 g/mol. The van der Waals surface area contributed by atoms with E-state index in [1.807, 2.05) is 17.6 Å². The summed E-state index contributed by atoms with van der Waals surface area (Å²) in [7, 11) is 0. The van der Waals surface area contributed by atoms with Gasteiger partial charge in [-0.25, -0.2) is 0 Å². The fourth-order valence-corrected chi connectivity index (χ4v) is 2.48. The molecule has 0 saturated carbocycles. The van der Waals surface area contributed by atoms with Gasteiger partial charge >= 0.3 is 0 Å². The van der Waals surface area contributed by atoms with Gasteiger partial charge in [-0.2, -0.15) is 0 Å². The second kappa shape index (κ2) is 5.39. The molecule has 1 aromatic carbocycles. The second-order valence-electron chi connectivity index (χ2n) is 4.89. The highest BCUT2D eigenvalue weighted by atomic mass is 16.6. The van der Waals surface area contributed by atoms with Crippen LogP contribution in [0.15, 0.2) is 24.5 Å². The summed E-state index contributed by atoms with van der Waals surface area (Å²) in [4.78, 5) is 12.8. The number of aromatic nitrogens is 3. The molecule has 21 heavy (non-hydrogen) atoms. The van der Waals surface area contributed by atoms with Crippen LogP contribution < -0.4 is 10.2 Å². The molecule has 1 aliphatic heterocycles. The minimum absolute atomic E-state index is 0.0930. The number of nitrogens with zero attached hydrogens (tertiary/aromatic N) is 5. The van der Waals surface area contributed by atoms with E-state index in [-0.39, 0.29) is 10.6 Å². The molecule has 2 aromatic rings. The average Bonchev–Trinajstić information content (AvgIpc) is 2.94. The lowest BCUT2D eigenvalue weighted by atomic mass is 10.2. The first-order chi connectivity index (χ1) is 10.2. The van der Waals surface area contributed by atoms with Crippen LogP contribution in [0.3, 0.4) is 0 Å². The van der Waals surface area contributed by atoms with E-state index < -0.39 is 0 Å². The third-order valence-corrected chi connectivity index (χ3v) is 3.50. The highest BCUT2D eigenvalue weighted by molar-refractivity contribution is 5.64. The number of non-ortho nitro benzene ring substituents is 1. The normalized spacial score (nSPS) is 13.9. The average molecular weight is 288 g/mol. The largest absolute Gasteiger partial charge is 0.385 e. The van der Waals surface area contributed by atoms with Gasteiger partial charge in [-0.3, -0.25) is 10.1 Å². The van der Waals surface area contributed by atoms with Gasteiger partial charge in [-0.15, -0.1) is 10.2 Å². The number of hydrogen-bond donors (Lipinski definition) is 1. The van der Waals surface area contributed by atoms with Crippen LogP contribution in [0.4, 0.5) is 17.1 Å². The smallest absolute Gasteiger partial charge is 0.273 e. The molecule has 0 atom stereocenters. The van der Waals surface area contributed by atoms with Crippen molar-refractivity contribution in [2.75, 3.05) is 23.3 Å². The minimum atomic E-state index is -0.364. The van der Waals surface area contributed by atoms with Gasteiger partial charge < -0.3 is 14.8 Å². The zero-order valence-electron chi connectivity index (χ0n) is 11.7. The van der Waals surface area contributed by atoms with Crippen molar-refractivity contribution in [3.63, 3.8) is 0 Å². The number of rotatable bonds is 4. The van der Waals surface area contributed by atoms with E-state index in [0.717, 1.165) is 36.8 Å². The van der Waals surface area contributed by atoms with Crippen molar-refractivity contribution >= 4 is 17.1 Å². The number of fused-ring (bicyclic) bond motifs is 1. The molecule has 0 radical (unpaired) electrons. The van der Waals surface area contributed by atoms with Crippen molar-refractivity contribution in [2.24, 2.45) is 0 Å². The number of hydrogen-bond acceptors (Lipinski definition) is 6. The fourth-order valence-electron chi connectivity index (χ4n) is 2.48. The van der Waals surface area contributed by atoms with Crippen molar-refractivity contribution in [3.8, 4) is 0 Å². The van der Waals surface area contributed by atoms with Crippen molar-refractivity contribution in [2.45, 2.75) is 20.0 Å². The van der Waals surface area contributed by atoms with Crippen molar-refractivity contribution in [3.05, 3.63) is 40.5 Å². The van der Waals surface area contributed by atoms with Crippen LogP contribution >= 0.6 is 0 Å². The molecule has 3 rings (SSSR count). The summed E-state index contributed by atoms with van der Waals surface area (Å²) in [6.07, 6.45) is 1.71. The van der Waals surface area contributed by atoms with Crippen molar-refractivity contribution in [1.82, 2.24) is 14.8 Å². The van der Waals surface area contributed by atoms with Crippen molar-refractivity contribution < 1.29 is 4.92 Å². The zero-order chi connectivity index (χ0) is 14.8. The van der Waals surface area contributed by atoms with Gasteiger partial charge in [-0.05, 0) is 13.0 Å². The van der Waals surface area contributed by atoms with Gasteiger partial charge in [0.05, 0.1) is 11.5 Å². The molecule has 8 nitrogen and oxygen atoms in total. The van der Waals surface area contributed by atoms with Crippen molar-refractivity contribution in [1.29, 1.82) is 0 Å². The molecular formula is C13H16N6O2. The van der Waals surface area contributed by atoms with E-state index in [1.54, 1.807) is 18.5 Å². The maximum atomic E-state index is 11.1. The summed E-state index contributed by atoms with van der Waals surface area (Å²) < 4.78 is 2.00. The quantitative estimate of drug-likeness (QED) is 0.679. The molecule has 0 bridgehead atoms. The Kier molecular flexibility index (Phi) is 3.43. The zero-order valence-corrected chi connectivity index (χ0v) is 11.7. The summed E-state index contributed by atoms with van der Waals surface area (Å²) in [6, 6.07) is 5.09. The van der Waals surface area contributed by atoms with Gasteiger partial charge in [-0.1, -0.05) is 0 Å². The summed E-state index contributed by atoms with van der Waals surface area (Å²) >= 11 is 0. The van der Waals surface area contributed by atoms with Crippen LogP contribution in [0.5, 0.6) is 0 Å². The summed E-state index contributed by atoms with van der Waals surface area (Å²) in [5.41, 5.74) is 1.68. The lowest BCUT2D eigenvalue weighted by molar-refractivity contribution is -0.384. The van der Waals surface area contributed by atoms with E-state index >= 15 is 0 Å². The van der Waals surface area contributed by atoms with Crippen LogP contribution in [-0.2, 0) is 13.1 Å². The first-order valence-corrected chi connectivity index (χ1v) is 6.82. The van der Waals surface area contributed by atoms with Gasteiger partial charge in [0.25, 0.3) is 5.69 Å². The Bertz CT molecular complexity index is 668. The molecule has 0 spiro atoms. The molecule has 0 unspecified atom stereocenters. The Morgan fingerprint density at radius 2 is 2.24 bits per heavy atom. The molecule has 1 aromatic heterocycles. The monoisotopic (exact) mass is 288 g/mol. The summed E-state index contributed by atoms with van der Waals surface area (Å²) in [6.45, 7) is 4.84. The first kappa shape index (κ1) is 13.3. The Morgan fingerprint density at radius 1 is 1.38 bits per heavy atom. The molecule has 1 aliphatic rings. The minimum Gasteiger partial charge on any atom is -0.385 e. The van der Waals surface area contributed by atoms with Crippen LogP contribution in [-0.4, -0.2) is 32.8 Å². The van der Waals surface area contributed by atoms with Crippen LogP contribution in [0.25, 0.3) is 0 Å². The van der Waals surface area contributed by atoms with E-state index in [0.29, 0.717) is 6.54 Å². The predicted octanol–water partition coefficient (Wildman–Crippen LogP) is 1.64. The van der Waals surface area contributed by atoms with Crippen LogP contribution in [0, 0.1) is 10.1 Å². The SMILES string of the molecule is CCNc1cc(N2CCn3cnnc3C2)cc([N+](=O)[O-])c1. The Morgan fingerprint density at radius 3 is 3.00 bits per heavy atom. The Labute approximate surface area is 121 Å². The third-order valence-electron chi connectivity index (χ3n) is 3.50. The second-order valence-corrected chi connectivity index (χ2v) is 4.89. The molecule has 0 fully saturated rings. The highest BCUT2D eigenvalue weighted by Gasteiger charge is 2.20. The number of anilines is 2. The van der Waals surface area contributed by atoms with E-state index in [4.69, 9.17) is 0 Å². The lowest BCUT2D eigenvalue weighted by Gasteiger charge is -2.29. The number of nitro benzene ring substituents is 1. The van der Waals surface area contributed by atoms with Crippen LogP contribution in [0.2, 0.25) is 0 Å². The van der Waals surface area contributed by atoms with Gasteiger partial charge in [0.15, 0.2) is 5.82 Å². The van der Waals surface area contributed by atoms with E-state index in [2.05, 4.69) is 20.4 Å². The highest BCUT2D eigenvalue weighted by Crippen LogP contribution is 2.29. The lowest BCUT2D eigenvalue weighted by Crippen LogP contribution is -2.33. The maximum Gasteiger partial charge on any atom is 0.273 e. The van der Waals surface area contributed by atoms with E-state index in [9.17, 15) is 10.1 Å². The molecule has 8 heteroatoms. The maximum absolute atomic E-state index is 11.1. The van der Waals surface area contributed by atoms with Crippen LogP contribution in [0.1, 0.15) is 12.7 Å². The first-order valence-electron chi connectivity index (χ1n) is 6.82. The summed E-state index contributed by atoms with van der Waals surface area (Å²) in [5.74, 6) is 0.873. The number of benzene rings is 1. The molecule has 0 aliphatic carbocycles. The van der Waals surface area contributed by atoms with E-state index in [1.165, 1.54) is 0 Å². The number of nitrogens with one attached hydrogen (secondary N) is 1. The topological polar surface area (TPSA) is 89.1 Å². The third kappa shape index (κ3) is 2.64. The summed E-state index contributed by atoms with van der Waals surface area (Å²) in [5, 5.41) is 22.2. The number of nitro groups is 1. The standard InChI is InChI=1S/C13H16N6O2/c1-2-14-10-5-11(7-12(6-10)19(20)21)17-3-4-18-9-15-16-13(18)8-17/h5-7,9,14H,2-4,8H2,1H3. The van der Waals surface area contributed by atoms with Gasteiger partial charge in [0.1, 0.15) is 6.33 Å². The molecule has 0 amide bonds. The molecule has 2 heterocycles. The van der Waals surface area contributed by atoms with Gasteiger partial charge in [0.2, 0.25) is 0 Å². The molecule has 110 valence electrons. The predicted molar refractivity (Wildman–Crippen MR) is 78.3 cm³/mol. The molecule has 1 N–H and O–H groups in total. The fraction of sp³-hybridized carbons (Fsp3) is 0.385.